The summed E-state index contributed by atoms with van der Waals surface area (Å²) in [4.78, 5) is 18.9. The van der Waals surface area contributed by atoms with E-state index in [0.717, 1.165) is 17.7 Å². The predicted molar refractivity (Wildman–Crippen MR) is 103 cm³/mol. The molecule has 0 radical (unpaired) electrons. The number of amides is 1. The minimum atomic E-state index is -0.789. The van der Waals surface area contributed by atoms with Crippen LogP contribution < -0.4 is 4.74 Å². The summed E-state index contributed by atoms with van der Waals surface area (Å²) < 4.78 is 7.12. The highest BCUT2D eigenvalue weighted by atomic mass is 16.5. The normalized spacial score (nSPS) is 14.9. The molecular weight excluding hydrogens is 356 g/mol. The van der Waals surface area contributed by atoms with Gasteiger partial charge in [0.2, 0.25) is 5.88 Å². The van der Waals surface area contributed by atoms with Crippen molar-refractivity contribution in [2.24, 2.45) is 0 Å². The Bertz CT molecular complexity index is 971. The second-order valence-corrected chi connectivity index (χ2v) is 6.74. The molecule has 3 heterocycles. The van der Waals surface area contributed by atoms with Crippen LogP contribution in [0.3, 0.4) is 0 Å². The quantitative estimate of drug-likeness (QED) is 0.754. The van der Waals surface area contributed by atoms with Gasteiger partial charge in [-0.1, -0.05) is 30.3 Å². The molecule has 28 heavy (non-hydrogen) atoms. The fourth-order valence-corrected chi connectivity index (χ4v) is 3.48. The Labute approximate surface area is 163 Å². The molecule has 1 N–H and O–H groups in total. The zero-order valence-electron chi connectivity index (χ0n) is 15.7. The molecular formula is C21H22N4O3. The summed E-state index contributed by atoms with van der Waals surface area (Å²) in [5.74, 6) is 0.204. The number of aliphatic hydroxyl groups excluding tert-OH is 1. The van der Waals surface area contributed by atoms with E-state index in [-0.39, 0.29) is 5.91 Å². The minimum absolute atomic E-state index is 0.121. The number of rotatable bonds is 4. The summed E-state index contributed by atoms with van der Waals surface area (Å²) in [5, 5.41) is 15.2. The average Bonchev–Trinajstić information content (AvgIpc) is 3.04. The van der Waals surface area contributed by atoms with Crippen molar-refractivity contribution in [1.82, 2.24) is 19.7 Å². The van der Waals surface area contributed by atoms with Gasteiger partial charge >= 0.3 is 0 Å². The van der Waals surface area contributed by atoms with Crippen molar-refractivity contribution in [2.75, 3.05) is 13.7 Å². The number of methoxy groups -OCH3 is 1. The zero-order chi connectivity index (χ0) is 19.5. The van der Waals surface area contributed by atoms with E-state index in [9.17, 15) is 9.90 Å². The van der Waals surface area contributed by atoms with Crippen LogP contribution in [0.1, 0.15) is 39.8 Å². The van der Waals surface area contributed by atoms with Gasteiger partial charge in [0.05, 0.1) is 25.0 Å². The molecule has 0 bridgehead atoms. The molecule has 7 nitrogen and oxygen atoms in total. The number of ether oxygens (including phenoxy) is 1. The zero-order valence-corrected chi connectivity index (χ0v) is 15.7. The predicted octanol–water partition coefficient (Wildman–Crippen LogP) is 2.41. The first-order valence-electron chi connectivity index (χ1n) is 9.25. The van der Waals surface area contributed by atoms with E-state index in [1.54, 1.807) is 23.2 Å². The third-order valence-corrected chi connectivity index (χ3v) is 4.91. The van der Waals surface area contributed by atoms with E-state index < -0.39 is 6.10 Å². The maximum atomic E-state index is 13.0. The number of fused-ring (bicyclic) bond motifs is 1. The molecule has 2 aromatic heterocycles. The van der Waals surface area contributed by atoms with Gasteiger partial charge in [-0.3, -0.25) is 9.48 Å². The Balaban J connectivity index is 1.58. The van der Waals surface area contributed by atoms with Gasteiger partial charge in [-0.2, -0.15) is 5.10 Å². The van der Waals surface area contributed by atoms with Crippen molar-refractivity contribution in [3.8, 4) is 5.88 Å². The van der Waals surface area contributed by atoms with Crippen LogP contribution in [0, 0.1) is 0 Å². The highest BCUT2D eigenvalue weighted by Gasteiger charge is 2.25. The molecule has 0 saturated carbocycles. The summed E-state index contributed by atoms with van der Waals surface area (Å²) in [6, 6.07) is 14.8. The smallest absolute Gasteiger partial charge is 0.259 e. The highest BCUT2D eigenvalue weighted by Crippen LogP contribution is 2.25. The second-order valence-electron chi connectivity index (χ2n) is 6.74. The van der Waals surface area contributed by atoms with Crippen LogP contribution in [0.15, 0.2) is 54.7 Å². The first kappa shape index (κ1) is 18.2. The number of benzene rings is 1. The SMILES string of the molecule is COc1ncccc1C(=O)N1CCCn2nc([C@H](O)c3ccccc3)cc2C1. The molecule has 0 fully saturated rings. The number of nitrogens with zero attached hydrogens (tertiary/aromatic N) is 4. The molecule has 1 aromatic carbocycles. The molecule has 7 heteroatoms. The number of hydrogen-bond acceptors (Lipinski definition) is 5. The Morgan fingerprint density at radius 3 is 2.79 bits per heavy atom. The molecule has 144 valence electrons. The molecule has 1 aliphatic heterocycles. The largest absolute Gasteiger partial charge is 0.480 e. The van der Waals surface area contributed by atoms with Crippen LogP contribution in [0.25, 0.3) is 0 Å². The van der Waals surface area contributed by atoms with Crippen LogP contribution in [-0.2, 0) is 13.1 Å². The van der Waals surface area contributed by atoms with Crippen LogP contribution in [-0.4, -0.2) is 44.3 Å². The van der Waals surface area contributed by atoms with E-state index >= 15 is 0 Å². The van der Waals surface area contributed by atoms with E-state index in [0.29, 0.717) is 36.8 Å². The Morgan fingerprint density at radius 1 is 1.18 bits per heavy atom. The van der Waals surface area contributed by atoms with E-state index in [2.05, 4.69) is 10.1 Å². The summed E-state index contributed by atoms with van der Waals surface area (Å²) >= 11 is 0. The third kappa shape index (κ3) is 3.48. The van der Waals surface area contributed by atoms with Crippen molar-refractivity contribution in [1.29, 1.82) is 0 Å². The van der Waals surface area contributed by atoms with Gasteiger partial charge in [0.15, 0.2) is 0 Å². The van der Waals surface area contributed by atoms with E-state index in [1.165, 1.54) is 7.11 Å². The van der Waals surface area contributed by atoms with Crippen LogP contribution in [0.4, 0.5) is 0 Å². The van der Waals surface area contributed by atoms with Crippen molar-refractivity contribution >= 4 is 5.91 Å². The number of aromatic nitrogens is 3. The Hall–Kier alpha value is -3.19. The van der Waals surface area contributed by atoms with Crippen LogP contribution in [0.5, 0.6) is 5.88 Å². The van der Waals surface area contributed by atoms with Gasteiger partial charge in [-0.05, 0) is 30.2 Å². The monoisotopic (exact) mass is 378 g/mol. The topological polar surface area (TPSA) is 80.5 Å². The van der Waals surface area contributed by atoms with Gasteiger partial charge in [0.1, 0.15) is 11.7 Å². The van der Waals surface area contributed by atoms with Crippen LogP contribution in [0.2, 0.25) is 0 Å². The van der Waals surface area contributed by atoms with Gasteiger partial charge in [-0.15, -0.1) is 0 Å². The lowest BCUT2D eigenvalue weighted by molar-refractivity contribution is 0.0741. The number of hydrogen-bond donors (Lipinski definition) is 1. The number of aliphatic hydroxyl groups is 1. The van der Waals surface area contributed by atoms with Crippen molar-refractivity contribution < 1.29 is 14.6 Å². The molecule has 0 spiro atoms. The first-order valence-corrected chi connectivity index (χ1v) is 9.25. The Morgan fingerprint density at radius 2 is 2.00 bits per heavy atom. The fourth-order valence-electron chi connectivity index (χ4n) is 3.48. The average molecular weight is 378 g/mol. The van der Waals surface area contributed by atoms with Gasteiger partial charge in [0, 0.05) is 19.3 Å². The molecule has 4 rings (SSSR count). The maximum Gasteiger partial charge on any atom is 0.259 e. The van der Waals surface area contributed by atoms with Crippen molar-refractivity contribution in [3.63, 3.8) is 0 Å². The molecule has 0 unspecified atom stereocenters. The number of pyridine rings is 1. The van der Waals surface area contributed by atoms with Gasteiger partial charge in [-0.25, -0.2) is 4.98 Å². The molecule has 0 saturated heterocycles. The minimum Gasteiger partial charge on any atom is -0.480 e. The van der Waals surface area contributed by atoms with Crippen molar-refractivity contribution in [2.45, 2.75) is 25.6 Å². The molecule has 1 atom stereocenters. The Kier molecular flexibility index (Phi) is 5.08. The maximum absolute atomic E-state index is 13.0. The third-order valence-electron chi connectivity index (χ3n) is 4.91. The van der Waals surface area contributed by atoms with Gasteiger partial charge < -0.3 is 14.7 Å². The van der Waals surface area contributed by atoms with Gasteiger partial charge in [0.25, 0.3) is 5.91 Å². The number of carbonyl (C=O) groups excluding carboxylic acids is 1. The standard InChI is InChI=1S/C21H22N4O3/c1-28-20-17(9-5-10-22-20)21(27)24-11-6-12-25-16(14-24)13-18(23-25)19(26)15-7-3-2-4-8-15/h2-5,7-10,13,19,26H,6,11-12,14H2,1H3/t19-/m1/s1. The van der Waals surface area contributed by atoms with Crippen molar-refractivity contribution in [3.05, 3.63) is 77.2 Å². The molecule has 3 aromatic rings. The lowest BCUT2D eigenvalue weighted by atomic mass is 10.1. The van der Waals surface area contributed by atoms with Crippen LogP contribution >= 0.6 is 0 Å². The number of carbonyl (C=O) groups is 1. The molecule has 1 amide bonds. The molecule has 0 aliphatic carbocycles. The summed E-state index contributed by atoms with van der Waals surface area (Å²) in [5.41, 5.74) is 2.74. The lowest BCUT2D eigenvalue weighted by Gasteiger charge is -2.20. The highest BCUT2D eigenvalue weighted by molar-refractivity contribution is 5.96. The summed E-state index contributed by atoms with van der Waals surface area (Å²) in [6.07, 6.45) is 1.59. The summed E-state index contributed by atoms with van der Waals surface area (Å²) in [7, 11) is 1.51. The van der Waals surface area contributed by atoms with E-state index in [1.807, 2.05) is 41.1 Å². The summed E-state index contributed by atoms with van der Waals surface area (Å²) in [6.45, 7) is 1.74. The molecule has 1 aliphatic rings. The second kappa shape index (κ2) is 7.82. The fraction of sp³-hybridized carbons (Fsp3) is 0.286. The lowest BCUT2D eigenvalue weighted by Crippen LogP contribution is -2.31. The van der Waals surface area contributed by atoms with E-state index in [4.69, 9.17) is 4.74 Å². The number of aryl methyl sites for hydroxylation is 1. The first-order chi connectivity index (χ1) is 13.7.